The van der Waals surface area contributed by atoms with Gasteiger partial charge in [0.2, 0.25) is 0 Å². The van der Waals surface area contributed by atoms with Gasteiger partial charge in [-0.1, -0.05) is 11.6 Å². The minimum Gasteiger partial charge on any atom is -0.467 e. The molecule has 3 rings (SSSR count). The molecule has 0 aliphatic heterocycles. The standard InChI is InChI=1S/C14H13ClN4O/c1-10(14-3-2-6-20-14)18-12-7-11(15)4-5-13(12)19-9-16-8-17-19/h2-10,18H,1H3. The summed E-state index contributed by atoms with van der Waals surface area (Å²) in [5, 5.41) is 8.18. The molecule has 3 aromatic rings. The van der Waals surface area contributed by atoms with Crippen molar-refractivity contribution in [3.05, 3.63) is 60.0 Å². The second-order valence-corrected chi connectivity index (χ2v) is 4.82. The summed E-state index contributed by atoms with van der Waals surface area (Å²) in [6.45, 7) is 2.02. The molecular weight excluding hydrogens is 276 g/mol. The van der Waals surface area contributed by atoms with Crippen molar-refractivity contribution in [2.75, 3.05) is 5.32 Å². The monoisotopic (exact) mass is 288 g/mol. The van der Waals surface area contributed by atoms with Crippen LogP contribution < -0.4 is 5.32 Å². The summed E-state index contributed by atoms with van der Waals surface area (Å²) >= 11 is 6.08. The van der Waals surface area contributed by atoms with Gasteiger partial charge in [0.25, 0.3) is 0 Å². The van der Waals surface area contributed by atoms with Gasteiger partial charge in [0.1, 0.15) is 18.4 Å². The van der Waals surface area contributed by atoms with E-state index in [-0.39, 0.29) is 6.04 Å². The van der Waals surface area contributed by atoms with Gasteiger partial charge in [0.05, 0.1) is 23.7 Å². The van der Waals surface area contributed by atoms with E-state index in [1.807, 2.05) is 37.3 Å². The van der Waals surface area contributed by atoms with Gasteiger partial charge in [-0.2, -0.15) is 5.10 Å². The number of benzene rings is 1. The topological polar surface area (TPSA) is 55.9 Å². The SMILES string of the molecule is CC(Nc1cc(Cl)ccc1-n1cncn1)c1ccco1. The lowest BCUT2D eigenvalue weighted by Crippen LogP contribution is -2.09. The third-order valence-corrected chi connectivity index (χ3v) is 3.20. The zero-order valence-corrected chi connectivity index (χ0v) is 11.6. The van der Waals surface area contributed by atoms with Crippen LogP contribution in [0.5, 0.6) is 0 Å². The molecule has 1 atom stereocenters. The third-order valence-electron chi connectivity index (χ3n) is 2.97. The van der Waals surface area contributed by atoms with Crippen LogP contribution in [0.25, 0.3) is 5.69 Å². The van der Waals surface area contributed by atoms with E-state index < -0.39 is 0 Å². The van der Waals surface area contributed by atoms with Crippen LogP contribution in [0.3, 0.4) is 0 Å². The first-order chi connectivity index (χ1) is 9.74. The number of rotatable bonds is 4. The maximum atomic E-state index is 6.08. The van der Waals surface area contributed by atoms with Crippen molar-refractivity contribution < 1.29 is 4.42 Å². The van der Waals surface area contributed by atoms with Gasteiger partial charge in [-0.15, -0.1) is 0 Å². The molecule has 2 aromatic heterocycles. The molecule has 0 fully saturated rings. The Kier molecular flexibility index (Phi) is 3.43. The Bertz CT molecular complexity index is 679. The summed E-state index contributed by atoms with van der Waals surface area (Å²) in [4.78, 5) is 3.96. The summed E-state index contributed by atoms with van der Waals surface area (Å²) in [5.74, 6) is 0.856. The highest BCUT2D eigenvalue weighted by Gasteiger charge is 2.12. The van der Waals surface area contributed by atoms with Crippen molar-refractivity contribution in [3.8, 4) is 5.69 Å². The fraction of sp³-hybridized carbons (Fsp3) is 0.143. The number of anilines is 1. The molecule has 0 radical (unpaired) electrons. The summed E-state index contributed by atoms with van der Waals surface area (Å²) in [5.41, 5.74) is 1.75. The molecule has 0 aliphatic carbocycles. The van der Waals surface area contributed by atoms with Crippen LogP contribution >= 0.6 is 11.6 Å². The van der Waals surface area contributed by atoms with E-state index >= 15 is 0 Å². The largest absolute Gasteiger partial charge is 0.467 e. The van der Waals surface area contributed by atoms with Gasteiger partial charge >= 0.3 is 0 Å². The normalized spacial score (nSPS) is 12.3. The van der Waals surface area contributed by atoms with Gasteiger partial charge in [-0.05, 0) is 37.3 Å². The van der Waals surface area contributed by atoms with Gasteiger partial charge in [-0.25, -0.2) is 9.67 Å². The van der Waals surface area contributed by atoms with Crippen LogP contribution in [-0.2, 0) is 0 Å². The third kappa shape index (κ3) is 2.53. The average molecular weight is 289 g/mol. The molecule has 0 aliphatic rings. The molecule has 1 unspecified atom stereocenters. The number of nitrogens with zero attached hydrogens (tertiary/aromatic N) is 3. The molecule has 1 N–H and O–H groups in total. The predicted molar refractivity (Wildman–Crippen MR) is 77.1 cm³/mol. The summed E-state index contributed by atoms with van der Waals surface area (Å²) in [7, 11) is 0. The van der Waals surface area contributed by atoms with Crippen molar-refractivity contribution >= 4 is 17.3 Å². The minimum absolute atomic E-state index is 0.0192. The highest BCUT2D eigenvalue weighted by atomic mass is 35.5. The van der Waals surface area contributed by atoms with Crippen LogP contribution in [-0.4, -0.2) is 14.8 Å². The highest BCUT2D eigenvalue weighted by Crippen LogP contribution is 2.27. The van der Waals surface area contributed by atoms with Crippen LogP contribution in [0.15, 0.2) is 53.7 Å². The van der Waals surface area contributed by atoms with Gasteiger partial charge < -0.3 is 9.73 Å². The zero-order valence-electron chi connectivity index (χ0n) is 10.8. The smallest absolute Gasteiger partial charge is 0.138 e. The number of halogens is 1. The molecule has 2 heterocycles. The van der Waals surface area contributed by atoms with Crippen LogP contribution in [0.4, 0.5) is 5.69 Å². The van der Waals surface area contributed by atoms with Crippen molar-refractivity contribution in [2.45, 2.75) is 13.0 Å². The molecule has 102 valence electrons. The lowest BCUT2D eigenvalue weighted by atomic mass is 10.2. The summed E-state index contributed by atoms with van der Waals surface area (Å²) in [6, 6.07) is 9.39. The highest BCUT2D eigenvalue weighted by molar-refractivity contribution is 6.31. The minimum atomic E-state index is 0.0192. The predicted octanol–water partition coefficient (Wildman–Crippen LogP) is 3.69. The second kappa shape index (κ2) is 5.38. The van der Waals surface area contributed by atoms with Crippen LogP contribution in [0.1, 0.15) is 18.7 Å². The van der Waals surface area contributed by atoms with E-state index in [1.165, 1.54) is 6.33 Å². The molecule has 6 heteroatoms. The lowest BCUT2D eigenvalue weighted by molar-refractivity contribution is 0.490. The first kappa shape index (κ1) is 12.7. The van der Waals surface area contributed by atoms with E-state index in [4.69, 9.17) is 16.0 Å². The molecule has 5 nitrogen and oxygen atoms in total. The molecule has 0 bridgehead atoms. The number of hydrogen-bond acceptors (Lipinski definition) is 4. The molecule has 20 heavy (non-hydrogen) atoms. The first-order valence-electron chi connectivity index (χ1n) is 6.18. The van der Waals surface area contributed by atoms with Crippen molar-refractivity contribution in [1.29, 1.82) is 0 Å². The zero-order chi connectivity index (χ0) is 13.9. The van der Waals surface area contributed by atoms with Gasteiger partial charge in [0, 0.05) is 5.02 Å². The molecular formula is C14H13ClN4O. The summed E-state index contributed by atoms with van der Waals surface area (Å²) < 4.78 is 7.09. The van der Waals surface area contributed by atoms with E-state index in [0.29, 0.717) is 5.02 Å². The number of furan rings is 1. The Morgan fingerprint density at radius 1 is 1.35 bits per heavy atom. The Morgan fingerprint density at radius 2 is 2.25 bits per heavy atom. The summed E-state index contributed by atoms with van der Waals surface area (Å²) in [6.07, 6.45) is 4.80. The van der Waals surface area contributed by atoms with E-state index in [2.05, 4.69) is 15.4 Å². The Hall–Kier alpha value is -2.27. The molecule has 1 aromatic carbocycles. The molecule has 0 spiro atoms. The molecule has 0 amide bonds. The fourth-order valence-corrected chi connectivity index (χ4v) is 2.17. The van der Waals surface area contributed by atoms with Gasteiger partial charge in [0.15, 0.2) is 0 Å². The Morgan fingerprint density at radius 3 is 2.95 bits per heavy atom. The number of aromatic nitrogens is 3. The maximum absolute atomic E-state index is 6.08. The average Bonchev–Trinajstić information content (AvgIpc) is 3.12. The first-order valence-corrected chi connectivity index (χ1v) is 6.56. The van der Waals surface area contributed by atoms with Gasteiger partial charge in [-0.3, -0.25) is 0 Å². The van der Waals surface area contributed by atoms with Crippen molar-refractivity contribution in [1.82, 2.24) is 14.8 Å². The molecule has 0 saturated heterocycles. The lowest BCUT2D eigenvalue weighted by Gasteiger charge is -2.16. The van der Waals surface area contributed by atoms with E-state index in [1.54, 1.807) is 17.3 Å². The number of nitrogens with one attached hydrogen (secondary N) is 1. The maximum Gasteiger partial charge on any atom is 0.138 e. The Balaban J connectivity index is 1.94. The molecule has 0 saturated carbocycles. The van der Waals surface area contributed by atoms with Crippen LogP contribution in [0, 0.1) is 0 Å². The van der Waals surface area contributed by atoms with Crippen molar-refractivity contribution in [3.63, 3.8) is 0 Å². The van der Waals surface area contributed by atoms with Crippen LogP contribution in [0.2, 0.25) is 5.02 Å². The second-order valence-electron chi connectivity index (χ2n) is 4.38. The number of hydrogen-bond donors (Lipinski definition) is 1. The Labute approximate surface area is 121 Å². The van der Waals surface area contributed by atoms with E-state index in [9.17, 15) is 0 Å². The quantitative estimate of drug-likeness (QED) is 0.795. The fourth-order valence-electron chi connectivity index (χ4n) is 2.00. The van der Waals surface area contributed by atoms with E-state index in [0.717, 1.165) is 17.1 Å². The van der Waals surface area contributed by atoms with Crippen molar-refractivity contribution in [2.24, 2.45) is 0 Å².